The molecule has 1 aromatic carbocycles. The Morgan fingerprint density at radius 3 is 2.39 bits per heavy atom. The van der Waals surface area contributed by atoms with Gasteiger partial charge in [-0.25, -0.2) is 0 Å². The van der Waals surface area contributed by atoms with Crippen LogP contribution < -0.4 is 17.0 Å². The van der Waals surface area contributed by atoms with Crippen molar-refractivity contribution >= 4 is 17.3 Å². The molecule has 6 heteroatoms. The van der Waals surface area contributed by atoms with Gasteiger partial charge in [0.25, 0.3) is 5.91 Å². The van der Waals surface area contributed by atoms with Crippen molar-refractivity contribution in [3.8, 4) is 0 Å². The molecule has 1 aromatic rings. The van der Waals surface area contributed by atoms with E-state index in [1.807, 2.05) is 4.90 Å². The van der Waals surface area contributed by atoms with E-state index in [0.717, 1.165) is 32.2 Å². The highest BCUT2D eigenvalue weighted by Gasteiger charge is 2.27. The van der Waals surface area contributed by atoms with Gasteiger partial charge >= 0.3 is 0 Å². The molecule has 0 unspecified atom stereocenters. The first-order chi connectivity index (χ1) is 11.2. The zero-order valence-corrected chi connectivity index (χ0v) is 13.6. The standard InChI is InChI=1S/C17H27N5O/c18-15-12-13(6-7-16(15)20-19)17(23)22-10-8-21(9-11-22)14-4-2-1-3-5-14/h6-7,12,14,20H,1-5,8-11,18-19H2. The lowest BCUT2D eigenvalue weighted by molar-refractivity contribution is 0.0523. The van der Waals surface area contributed by atoms with Gasteiger partial charge in [0.2, 0.25) is 0 Å². The molecule has 0 bridgehead atoms. The van der Waals surface area contributed by atoms with Crippen LogP contribution in [0.15, 0.2) is 18.2 Å². The molecule has 0 aromatic heterocycles. The molecule has 23 heavy (non-hydrogen) atoms. The molecule has 0 atom stereocenters. The molecule has 5 N–H and O–H groups in total. The normalized spacial score (nSPS) is 20.5. The summed E-state index contributed by atoms with van der Waals surface area (Å²) in [5.41, 5.74) is 10.2. The van der Waals surface area contributed by atoms with Crippen LogP contribution in [0, 0.1) is 0 Å². The molecule has 3 rings (SSSR count). The number of hydrogen-bond donors (Lipinski definition) is 3. The van der Waals surface area contributed by atoms with E-state index in [1.165, 1.54) is 32.1 Å². The first kappa shape index (κ1) is 16.1. The number of nitrogen functional groups attached to an aromatic ring is 2. The first-order valence-corrected chi connectivity index (χ1v) is 8.58. The topological polar surface area (TPSA) is 87.6 Å². The number of carbonyl (C=O) groups is 1. The minimum atomic E-state index is 0.0589. The van der Waals surface area contributed by atoms with Crippen LogP contribution in [0.1, 0.15) is 42.5 Å². The fourth-order valence-corrected chi connectivity index (χ4v) is 3.75. The Morgan fingerprint density at radius 1 is 1.09 bits per heavy atom. The van der Waals surface area contributed by atoms with Crippen LogP contribution in [0.2, 0.25) is 0 Å². The number of anilines is 2. The van der Waals surface area contributed by atoms with Gasteiger partial charge in [-0.3, -0.25) is 15.5 Å². The van der Waals surface area contributed by atoms with Crippen LogP contribution in [-0.4, -0.2) is 47.9 Å². The van der Waals surface area contributed by atoms with Gasteiger partial charge in [-0.05, 0) is 31.0 Å². The summed E-state index contributed by atoms with van der Waals surface area (Å²) in [5, 5.41) is 0. The van der Waals surface area contributed by atoms with E-state index in [0.29, 0.717) is 16.9 Å². The number of hydrazine groups is 1. The zero-order chi connectivity index (χ0) is 16.2. The molecule has 0 radical (unpaired) electrons. The minimum Gasteiger partial charge on any atom is -0.397 e. The van der Waals surface area contributed by atoms with Crippen molar-refractivity contribution < 1.29 is 4.79 Å². The van der Waals surface area contributed by atoms with Crippen molar-refractivity contribution in [2.45, 2.75) is 38.1 Å². The van der Waals surface area contributed by atoms with Crippen LogP contribution >= 0.6 is 0 Å². The maximum atomic E-state index is 12.6. The molecule has 2 aliphatic rings. The number of benzene rings is 1. The maximum absolute atomic E-state index is 12.6. The summed E-state index contributed by atoms with van der Waals surface area (Å²) in [7, 11) is 0. The second kappa shape index (κ2) is 7.19. The van der Waals surface area contributed by atoms with Crippen LogP contribution in [-0.2, 0) is 0 Å². The average Bonchev–Trinajstić information content (AvgIpc) is 2.62. The maximum Gasteiger partial charge on any atom is 0.254 e. The van der Waals surface area contributed by atoms with Gasteiger partial charge in [0, 0.05) is 37.8 Å². The Bertz CT molecular complexity index is 548. The van der Waals surface area contributed by atoms with E-state index < -0.39 is 0 Å². The number of nitrogens with one attached hydrogen (secondary N) is 1. The molecule has 126 valence electrons. The van der Waals surface area contributed by atoms with Crippen molar-refractivity contribution in [1.82, 2.24) is 9.80 Å². The molecule has 1 amide bonds. The quantitative estimate of drug-likeness (QED) is 0.448. The molecule has 1 saturated carbocycles. The van der Waals surface area contributed by atoms with Crippen LogP contribution in [0.4, 0.5) is 11.4 Å². The van der Waals surface area contributed by atoms with E-state index in [4.69, 9.17) is 11.6 Å². The molecule has 1 heterocycles. The summed E-state index contributed by atoms with van der Waals surface area (Å²) in [6.07, 6.45) is 6.72. The molecular weight excluding hydrogens is 290 g/mol. The molecule has 1 aliphatic carbocycles. The lowest BCUT2D eigenvalue weighted by Gasteiger charge is -2.40. The third kappa shape index (κ3) is 3.59. The monoisotopic (exact) mass is 317 g/mol. The van der Waals surface area contributed by atoms with E-state index in [9.17, 15) is 4.79 Å². The summed E-state index contributed by atoms with van der Waals surface area (Å²) < 4.78 is 0. The fraction of sp³-hybridized carbons (Fsp3) is 0.588. The highest BCUT2D eigenvalue weighted by atomic mass is 16.2. The third-order valence-corrected chi connectivity index (χ3v) is 5.15. The number of nitrogens with two attached hydrogens (primary N) is 2. The number of carbonyl (C=O) groups excluding carboxylic acids is 1. The van der Waals surface area contributed by atoms with E-state index in [-0.39, 0.29) is 5.91 Å². The van der Waals surface area contributed by atoms with Crippen LogP contribution in [0.25, 0.3) is 0 Å². The number of hydrogen-bond acceptors (Lipinski definition) is 5. The lowest BCUT2D eigenvalue weighted by Crippen LogP contribution is -2.52. The van der Waals surface area contributed by atoms with Gasteiger partial charge < -0.3 is 16.1 Å². The number of amides is 1. The van der Waals surface area contributed by atoms with Crippen molar-refractivity contribution in [3.63, 3.8) is 0 Å². The molecular formula is C17H27N5O. The highest BCUT2D eigenvalue weighted by molar-refractivity contribution is 5.96. The summed E-state index contributed by atoms with van der Waals surface area (Å²) in [6, 6.07) is 5.96. The number of piperazine rings is 1. The van der Waals surface area contributed by atoms with Crippen LogP contribution in [0.3, 0.4) is 0 Å². The van der Waals surface area contributed by atoms with Crippen molar-refractivity contribution in [1.29, 1.82) is 0 Å². The molecule has 2 fully saturated rings. The van der Waals surface area contributed by atoms with Crippen molar-refractivity contribution in [2.24, 2.45) is 5.84 Å². The SMILES string of the molecule is NNc1ccc(C(=O)N2CCN(C3CCCCC3)CC2)cc1N. The third-order valence-electron chi connectivity index (χ3n) is 5.15. The van der Waals surface area contributed by atoms with E-state index in [2.05, 4.69) is 10.3 Å². The van der Waals surface area contributed by atoms with Crippen LogP contribution in [0.5, 0.6) is 0 Å². The molecule has 0 spiro atoms. The van der Waals surface area contributed by atoms with Crippen molar-refractivity contribution in [3.05, 3.63) is 23.8 Å². The summed E-state index contributed by atoms with van der Waals surface area (Å²) in [6.45, 7) is 3.56. The van der Waals surface area contributed by atoms with Gasteiger partial charge in [0.1, 0.15) is 0 Å². The van der Waals surface area contributed by atoms with Gasteiger partial charge in [0.05, 0.1) is 11.4 Å². The van der Waals surface area contributed by atoms with Gasteiger partial charge in [-0.1, -0.05) is 19.3 Å². The first-order valence-electron chi connectivity index (χ1n) is 8.58. The second-order valence-electron chi connectivity index (χ2n) is 6.57. The van der Waals surface area contributed by atoms with Crippen molar-refractivity contribution in [2.75, 3.05) is 37.3 Å². The highest BCUT2D eigenvalue weighted by Crippen LogP contribution is 2.24. The smallest absolute Gasteiger partial charge is 0.254 e. The number of nitrogens with zero attached hydrogens (tertiary/aromatic N) is 2. The average molecular weight is 317 g/mol. The van der Waals surface area contributed by atoms with Gasteiger partial charge in [-0.2, -0.15) is 0 Å². The Morgan fingerprint density at radius 2 is 1.78 bits per heavy atom. The number of rotatable bonds is 3. The predicted octanol–water partition coefficient (Wildman–Crippen LogP) is 1.64. The summed E-state index contributed by atoms with van der Waals surface area (Å²) in [4.78, 5) is 17.1. The Labute approximate surface area is 137 Å². The largest absolute Gasteiger partial charge is 0.397 e. The Hall–Kier alpha value is -1.79. The zero-order valence-electron chi connectivity index (χ0n) is 13.6. The van der Waals surface area contributed by atoms with E-state index in [1.54, 1.807) is 18.2 Å². The molecule has 1 saturated heterocycles. The lowest BCUT2D eigenvalue weighted by atomic mass is 9.94. The van der Waals surface area contributed by atoms with Gasteiger partial charge in [0.15, 0.2) is 0 Å². The fourth-order valence-electron chi connectivity index (χ4n) is 3.75. The van der Waals surface area contributed by atoms with E-state index >= 15 is 0 Å². The molecule has 6 nitrogen and oxygen atoms in total. The molecule has 1 aliphatic heterocycles. The predicted molar refractivity (Wildman–Crippen MR) is 93.0 cm³/mol. The Balaban J connectivity index is 1.58. The summed E-state index contributed by atoms with van der Waals surface area (Å²) >= 11 is 0. The minimum absolute atomic E-state index is 0.0589. The summed E-state index contributed by atoms with van der Waals surface area (Å²) in [5.74, 6) is 5.43. The second-order valence-corrected chi connectivity index (χ2v) is 6.57. The Kier molecular flexibility index (Phi) is 5.03. The van der Waals surface area contributed by atoms with Gasteiger partial charge in [-0.15, -0.1) is 0 Å².